The molecule has 0 bridgehead atoms. The molecule has 12 unspecified atom stereocenters. The summed E-state index contributed by atoms with van der Waals surface area (Å²) in [5.74, 6) is -0.212. The quantitative estimate of drug-likeness (QED) is 0.0225. The van der Waals surface area contributed by atoms with Crippen LogP contribution < -0.4 is 5.32 Å². The largest absolute Gasteiger partial charge is 0.394 e. The Balaban J connectivity index is 1.72. The third-order valence-electron chi connectivity index (χ3n) is 12.9. The highest BCUT2D eigenvalue weighted by molar-refractivity contribution is 5.76. The number of ether oxygens (including phenoxy) is 4. The second-order valence-corrected chi connectivity index (χ2v) is 18.7. The van der Waals surface area contributed by atoms with Crippen molar-refractivity contribution in [3.8, 4) is 0 Å². The third-order valence-corrected chi connectivity index (χ3v) is 12.9. The SMILES string of the molecule is CCCCCCC/C=C\C/C=C\CCCCCCCCCCCCCC(=O)NC(COC1OC(CO)C(OC2OC(CO)C(O)C(O)C2O)C(O)C1O)C(O)CCCCCCCCCC. The van der Waals surface area contributed by atoms with E-state index in [9.17, 15) is 45.6 Å². The number of nitrogens with one attached hydrogen (secondary N) is 1. The van der Waals surface area contributed by atoms with Crippen LogP contribution in [0.5, 0.6) is 0 Å². The highest BCUT2D eigenvalue weighted by atomic mass is 16.7. The molecular formula is C51H95NO13. The van der Waals surface area contributed by atoms with Gasteiger partial charge in [-0.2, -0.15) is 0 Å². The minimum atomic E-state index is -1.78. The summed E-state index contributed by atoms with van der Waals surface area (Å²) in [6.45, 7) is 2.80. The van der Waals surface area contributed by atoms with Crippen molar-refractivity contribution >= 4 is 5.91 Å². The molecule has 2 aliphatic heterocycles. The van der Waals surface area contributed by atoms with Crippen molar-refractivity contribution in [2.24, 2.45) is 0 Å². The van der Waals surface area contributed by atoms with Crippen LogP contribution in [0, 0.1) is 0 Å². The second kappa shape index (κ2) is 38.3. The molecule has 0 radical (unpaired) electrons. The maximum atomic E-state index is 13.2. The molecule has 382 valence electrons. The molecule has 14 nitrogen and oxygen atoms in total. The van der Waals surface area contributed by atoms with Crippen LogP contribution in [0.1, 0.15) is 200 Å². The number of hydrogen-bond acceptors (Lipinski definition) is 13. The molecule has 12 atom stereocenters. The minimum absolute atomic E-state index is 0.212. The van der Waals surface area contributed by atoms with Crippen LogP contribution in [-0.2, 0) is 23.7 Å². The molecule has 2 aliphatic rings. The second-order valence-electron chi connectivity index (χ2n) is 18.7. The summed E-state index contributed by atoms with van der Waals surface area (Å²) in [5, 5.41) is 86.7. The lowest BCUT2D eigenvalue weighted by atomic mass is 9.97. The maximum Gasteiger partial charge on any atom is 0.220 e. The Bertz CT molecular complexity index is 1190. The summed E-state index contributed by atoms with van der Waals surface area (Å²) in [6.07, 6.45) is 24.9. The average molecular weight is 930 g/mol. The Labute approximate surface area is 392 Å². The summed E-state index contributed by atoms with van der Waals surface area (Å²) in [4.78, 5) is 13.2. The number of aliphatic hydroxyl groups excluding tert-OH is 8. The molecule has 2 heterocycles. The number of rotatable bonds is 40. The molecule has 0 aromatic rings. The fraction of sp³-hybridized carbons (Fsp3) is 0.902. The van der Waals surface area contributed by atoms with Crippen LogP contribution in [0.3, 0.4) is 0 Å². The van der Waals surface area contributed by atoms with Gasteiger partial charge < -0.3 is 65.1 Å². The highest BCUT2D eigenvalue weighted by Crippen LogP contribution is 2.30. The predicted octanol–water partition coefficient (Wildman–Crippen LogP) is 6.94. The third kappa shape index (κ3) is 25.6. The van der Waals surface area contributed by atoms with Gasteiger partial charge in [0.1, 0.15) is 48.8 Å². The van der Waals surface area contributed by atoms with E-state index in [1.165, 1.54) is 116 Å². The standard InChI is InChI=1S/C51H95NO13/c1-3-5-7-9-11-13-14-15-16-17-18-19-20-21-22-23-24-25-26-27-29-31-33-35-43(56)52-39(40(55)34-32-30-28-12-10-8-6-4-2)38-62-50-48(61)46(59)49(42(37-54)64-50)65-51-47(60)45(58)44(57)41(36-53)63-51/h14-15,17-18,39-42,44-51,53-55,57-61H,3-13,16,19-38H2,1-2H3,(H,52,56)/b15-14-,18-17-. The number of aliphatic hydroxyl groups is 8. The Hall–Kier alpha value is -1.53. The van der Waals surface area contributed by atoms with Crippen molar-refractivity contribution < 1.29 is 64.6 Å². The first-order chi connectivity index (χ1) is 31.6. The van der Waals surface area contributed by atoms with Gasteiger partial charge in [-0.1, -0.05) is 173 Å². The van der Waals surface area contributed by atoms with Gasteiger partial charge in [-0.25, -0.2) is 0 Å². The lowest BCUT2D eigenvalue weighted by molar-refractivity contribution is -0.359. The van der Waals surface area contributed by atoms with Crippen molar-refractivity contribution in [2.75, 3.05) is 19.8 Å². The van der Waals surface area contributed by atoms with Crippen molar-refractivity contribution in [2.45, 2.75) is 274 Å². The summed E-state index contributed by atoms with van der Waals surface area (Å²) < 4.78 is 22.7. The predicted molar refractivity (Wildman–Crippen MR) is 254 cm³/mol. The average Bonchev–Trinajstić information content (AvgIpc) is 3.30. The number of allylic oxidation sites excluding steroid dienone is 4. The number of carbonyl (C=O) groups excluding carboxylic acids is 1. The Morgan fingerprint density at radius 1 is 0.554 bits per heavy atom. The Morgan fingerprint density at radius 2 is 1.02 bits per heavy atom. The van der Waals surface area contributed by atoms with Crippen LogP contribution in [0.2, 0.25) is 0 Å². The zero-order chi connectivity index (χ0) is 47.5. The van der Waals surface area contributed by atoms with E-state index in [1.54, 1.807) is 0 Å². The van der Waals surface area contributed by atoms with Gasteiger partial charge in [0.2, 0.25) is 5.91 Å². The van der Waals surface area contributed by atoms with Gasteiger partial charge >= 0.3 is 0 Å². The molecule has 9 N–H and O–H groups in total. The molecule has 14 heteroatoms. The monoisotopic (exact) mass is 930 g/mol. The maximum absolute atomic E-state index is 13.2. The van der Waals surface area contributed by atoms with Crippen molar-refractivity contribution in [3.05, 3.63) is 24.3 Å². The van der Waals surface area contributed by atoms with Gasteiger partial charge in [-0.05, 0) is 44.9 Å². The van der Waals surface area contributed by atoms with Crippen LogP contribution in [0.15, 0.2) is 24.3 Å². The molecule has 0 saturated carbocycles. The van der Waals surface area contributed by atoms with E-state index in [2.05, 4.69) is 43.5 Å². The summed E-state index contributed by atoms with van der Waals surface area (Å²) >= 11 is 0. The fourth-order valence-corrected chi connectivity index (χ4v) is 8.62. The van der Waals surface area contributed by atoms with Gasteiger partial charge in [0.05, 0.1) is 32.0 Å². The van der Waals surface area contributed by atoms with Crippen LogP contribution in [-0.4, -0.2) is 140 Å². The normalized spacial score (nSPS) is 27.2. The Kier molecular flexibility index (Phi) is 35.1. The van der Waals surface area contributed by atoms with Gasteiger partial charge in [-0.15, -0.1) is 0 Å². The van der Waals surface area contributed by atoms with Gasteiger partial charge in [-0.3, -0.25) is 4.79 Å². The topological polar surface area (TPSA) is 228 Å². The van der Waals surface area contributed by atoms with Crippen LogP contribution in [0.25, 0.3) is 0 Å². The van der Waals surface area contributed by atoms with Gasteiger partial charge in [0.15, 0.2) is 12.6 Å². The summed E-state index contributed by atoms with van der Waals surface area (Å²) in [7, 11) is 0. The first-order valence-corrected chi connectivity index (χ1v) is 26.1. The zero-order valence-electron chi connectivity index (χ0n) is 40.5. The van der Waals surface area contributed by atoms with Crippen LogP contribution in [0.4, 0.5) is 0 Å². The molecule has 65 heavy (non-hydrogen) atoms. The first-order valence-electron chi connectivity index (χ1n) is 26.1. The fourth-order valence-electron chi connectivity index (χ4n) is 8.62. The van der Waals surface area contributed by atoms with Crippen molar-refractivity contribution in [3.63, 3.8) is 0 Å². The molecule has 2 rings (SSSR count). The number of carbonyl (C=O) groups is 1. The van der Waals surface area contributed by atoms with Crippen LogP contribution >= 0.6 is 0 Å². The molecule has 2 fully saturated rings. The van der Waals surface area contributed by atoms with E-state index < -0.39 is 86.8 Å². The smallest absolute Gasteiger partial charge is 0.220 e. The van der Waals surface area contributed by atoms with E-state index in [-0.39, 0.29) is 12.5 Å². The zero-order valence-corrected chi connectivity index (χ0v) is 40.5. The molecular weight excluding hydrogens is 835 g/mol. The minimum Gasteiger partial charge on any atom is -0.394 e. The molecule has 0 aromatic carbocycles. The van der Waals surface area contributed by atoms with E-state index in [0.717, 1.165) is 57.8 Å². The van der Waals surface area contributed by atoms with E-state index in [0.29, 0.717) is 12.8 Å². The molecule has 0 aromatic heterocycles. The number of unbranched alkanes of at least 4 members (excludes halogenated alkanes) is 23. The van der Waals surface area contributed by atoms with E-state index >= 15 is 0 Å². The first kappa shape index (κ1) is 59.6. The van der Waals surface area contributed by atoms with E-state index in [1.807, 2.05) is 0 Å². The van der Waals surface area contributed by atoms with Crippen molar-refractivity contribution in [1.82, 2.24) is 5.32 Å². The number of amides is 1. The summed E-state index contributed by atoms with van der Waals surface area (Å²) in [6, 6.07) is -0.825. The number of hydrogen-bond donors (Lipinski definition) is 9. The lowest BCUT2D eigenvalue weighted by Gasteiger charge is -2.46. The van der Waals surface area contributed by atoms with Gasteiger partial charge in [0.25, 0.3) is 0 Å². The summed E-state index contributed by atoms with van der Waals surface area (Å²) in [5.41, 5.74) is 0. The molecule has 1 amide bonds. The van der Waals surface area contributed by atoms with E-state index in [4.69, 9.17) is 18.9 Å². The lowest BCUT2D eigenvalue weighted by Crippen LogP contribution is -2.65. The van der Waals surface area contributed by atoms with Gasteiger partial charge in [0, 0.05) is 6.42 Å². The Morgan fingerprint density at radius 3 is 1.54 bits per heavy atom. The van der Waals surface area contributed by atoms with Crippen molar-refractivity contribution in [1.29, 1.82) is 0 Å². The molecule has 2 saturated heterocycles. The molecule has 0 aliphatic carbocycles. The molecule has 0 spiro atoms. The highest BCUT2D eigenvalue weighted by Gasteiger charge is 2.51.